The van der Waals surface area contributed by atoms with E-state index < -0.39 is 5.97 Å². The molecule has 6 heteroatoms. The van der Waals surface area contributed by atoms with Crippen molar-refractivity contribution in [2.45, 2.75) is 33.7 Å². The summed E-state index contributed by atoms with van der Waals surface area (Å²) in [5, 5.41) is 0. The molecule has 0 aliphatic heterocycles. The van der Waals surface area contributed by atoms with Crippen LogP contribution >= 0.6 is 0 Å². The maximum absolute atomic E-state index is 12.9. The second kappa shape index (κ2) is 8.14. The lowest BCUT2D eigenvalue weighted by Crippen LogP contribution is -2.12. The second-order valence-electron chi connectivity index (χ2n) is 8.03. The number of nitrogens with two attached hydrogens (primary N) is 1. The summed E-state index contributed by atoms with van der Waals surface area (Å²) in [6.07, 6.45) is 0.794. The van der Waals surface area contributed by atoms with Crippen molar-refractivity contribution in [1.82, 2.24) is 14.5 Å². The molecule has 154 valence electrons. The number of rotatable bonds is 6. The number of hydrogen-bond acceptors (Lipinski definition) is 5. The predicted molar refractivity (Wildman–Crippen MR) is 119 cm³/mol. The largest absolute Gasteiger partial charge is 0.462 e. The van der Waals surface area contributed by atoms with Crippen molar-refractivity contribution in [2.24, 2.45) is 5.92 Å². The molecule has 0 spiro atoms. The van der Waals surface area contributed by atoms with Gasteiger partial charge in [-0.2, -0.15) is 0 Å². The molecule has 4 rings (SSSR count). The zero-order valence-corrected chi connectivity index (χ0v) is 17.6. The van der Waals surface area contributed by atoms with E-state index in [0.29, 0.717) is 47.1 Å². The van der Waals surface area contributed by atoms with Crippen LogP contribution in [0, 0.1) is 12.8 Å². The zero-order chi connectivity index (χ0) is 21.3. The number of hydrogen-bond donors (Lipinski definition) is 1. The Labute approximate surface area is 175 Å². The minimum atomic E-state index is -0.453. The van der Waals surface area contributed by atoms with Crippen molar-refractivity contribution >= 4 is 34.0 Å². The van der Waals surface area contributed by atoms with Gasteiger partial charge in [0.25, 0.3) is 0 Å². The molecule has 2 aromatic carbocycles. The van der Waals surface area contributed by atoms with Gasteiger partial charge in [-0.1, -0.05) is 55.8 Å². The summed E-state index contributed by atoms with van der Waals surface area (Å²) in [5.74, 6) is 0.322. The third kappa shape index (κ3) is 3.85. The molecular formula is C24H26N4O2. The number of para-hydroxylation sites is 2. The summed E-state index contributed by atoms with van der Waals surface area (Å²) in [6, 6.07) is 15.8. The Balaban J connectivity index is 1.83. The van der Waals surface area contributed by atoms with Crippen LogP contribution in [0.5, 0.6) is 0 Å². The average Bonchev–Trinajstić information content (AvgIpc) is 2.98. The van der Waals surface area contributed by atoms with E-state index in [9.17, 15) is 4.79 Å². The number of carbonyl (C=O) groups is 1. The molecule has 0 fully saturated rings. The molecule has 0 amide bonds. The Morgan fingerprint density at radius 1 is 1.07 bits per heavy atom. The first-order valence-corrected chi connectivity index (χ1v) is 10.2. The second-order valence-corrected chi connectivity index (χ2v) is 8.03. The minimum Gasteiger partial charge on any atom is -0.462 e. The molecule has 0 saturated carbocycles. The Morgan fingerprint density at radius 3 is 2.40 bits per heavy atom. The van der Waals surface area contributed by atoms with Gasteiger partial charge >= 0.3 is 5.97 Å². The predicted octanol–water partition coefficient (Wildman–Crippen LogP) is 4.73. The quantitative estimate of drug-likeness (QED) is 0.472. The third-order valence-corrected chi connectivity index (χ3v) is 5.19. The summed E-state index contributed by atoms with van der Waals surface area (Å²) in [5.41, 5.74) is 11.6. The van der Waals surface area contributed by atoms with E-state index in [0.717, 1.165) is 17.5 Å². The lowest BCUT2D eigenvalue weighted by atomic mass is 10.1. The normalized spacial score (nSPS) is 11.5. The van der Waals surface area contributed by atoms with E-state index in [2.05, 4.69) is 38.1 Å². The van der Waals surface area contributed by atoms with Crippen molar-refractivity contribution in [1.29, 1.82) is 0 Å². The molecule has 0 radical (unpaired) electrons. The molecule has 6 nitrogen and oxygen atoms in total. The molecule has 0 saturated heterocycles. The highest BCUT2D eigenvalue weighted by atomic mass is 16.5. The Kier molecular flexibility index (Phi) is 5.40. The average molecular weight is 402 g/mol. The van der Waals surface area contributed by atoms with E-state index >= 15 is 0 Å². The summed E-state index contributed by atoms with van der Waals surface area (Å²) in [6.45, 7) is 7.07. The van der Waals surface area contributed by atoms with Gasteiger partial charge in [-0.3, -0.25) is 0 Å². The maximum atomic E-state index is 12.9. The van der Waals surface area contributed by atoms with Gasteiger partial charge in [-0.25, -0.2) is 14.8 Å². The van der Waals surface area contributed by atoms with Crippen LogP contribution < -0.4 is 5.73 Å². The molecule has 0 unspecified atom stereocenters. The first kappa shape index (κ1) is 19.9. The number of aryl methyl sites for hydroxylation is 1. The minimum absolute atomic E-state index is 0.291. The van der Waals surface area contributed by atoms with Gasteiger partial charge in [0, 0.05) is 0 Å². The van der Waals surface area contributed by atoms with Crippen LogP contribution in [0.15, 0.2) is 48.5 Å². The molecule has 0 atom stereocenters. The van der Waals surface area contributed by atoms with Crippen LogP contribution in [-0.2, 0) is 11.3 Å². The molecule has 0 aliphatic rings. The highest BCUT2D eigenvalue weighted by Crippen LogP contribution is 2.29. The molecule has 30 heavy (non-hydrogen) atoms. The lowest BCUT2D eigenvalue weighted by Gasteiger charge is -2.09. The molecule has 2 aromatic heterocycles. The Hall–Kier alpha value is -3.41. The monoisotopic (exact) mass is 402 g/mol. The van der Waals surface area contributed by atoms with Crippen LogP contribution in [0.25, 0.3) is 22.2 Å². The molecule has 0 aliphatic carbocycles. The van der Waals surface area contributed by atoms with Crippen LogP contribution in [0.1, 0.15) is 41.8 Å². The smallest absolute Gasteiger partial charge is 0.344 e. The van der Waals surface area contributed by atoms with E-state index in [1.54, 1.807) is 0 Å². The van der Waals surface area contributed by atoms with Gasteiger partial charge in [-0.15, -0.1) is 0 Å². The highest BCUT2D eigenvalue weighted by Gasteiger charge is 2.25. The highest BCUT2D eigenvalue weighted by molar-refractivity contribution is 6.08. The standard InChI is InChI=1S/C24H26N4O2/c1-15(2)12-13-30-24(29)20-21-23(27-19-7-5-4-6-18(19)26-21)28(22(20)25)14-17-10-8-16(3)9-11-17/h4-11,15H,12-14,25H2,1-3H3. The van der Waals surface area contributed by atoms with Gasteiger partial charge in [0.15, 0.2) is 5.65 Å². The van der Waals surface area contributed by atoms with Crippen LogP contribution in [-0.4, -0.2) is 27.1 Å². The number of benzene rings is 2. The number of carbonyl (C=O) groups excluding carboxylic acids is 1. The number of nitrogens with zero attached hydrogens (tertiary/aromatic N) is 3. The molecule has 4 aromatic rings. The fraction of sp³-hybridized carbons (Fsp3) is 0.292. The van der Waals surface area contributed by atoms with Gasteiger partial charge in [0.05, 0.1) is 24.2 Å². The van der Waals surface area contributed by atoms with E-state index in [-0.39, 0.29) is 0 Å². The number of esters is 1. The molecule has 2 N–H and O–H groups in total. The van der Waals surface area contributed by atoms with Gasteiger partial charge in [0.1, 0.15) is 16.9 Å². The Morgan fingerprint density at radius 2 is 1.73 bits per heavy atom. The van der Waals surface area contributed by atoms with Crippen LogP contribution in [0.2, 0.25) is 0 Å². The summed E-state index contributed by atoms with van der Waals surface area (Å²) in [4.78, 5) is 22.4. The Bertz CT molecular complexity index is 1210. The van der Waals surface area contributed by atoms with Crippen molar-refractivity contribution in [2.75, 3.05) is 12.3 Å². The lowest BCUT2D eigenvalue weighted by molar-refractivity contribution is 0.0491. The number of fused-ring (bicyclic) bond motifs is 2. The summed E-state index contributed by atoms with van der Waals surface area (Å²) < 4.78 is 7.36. The third-order valence-electron chi connectivity index (χ3n) is 5.19. The summed E-state index contributed by atoms with van der Waals surface area (Å²) >= 11 is 0. The fourth-order valence-electron chi connectivity index (χ4n) is 3.41. The maximum Gasteiger partial charge on any atom is 0.344 e. The SMILES string of the molecule is Cc1ccc(Cn2c(N)c(C(=O)OCCC(C)C)c3nc4ccccc4nc32)cc1. The van der Waals surface area contributed by atoms with Crippen molar-refractivity contribution in [3.63, 3.8) is 0 Å². The van der Waals surface area contributed by atoms with Crippen LogP contribution in [0.3, 0.4) is 0 Å². The van der Waals surface area contributed by atoms with Crippen molar-refractivity contribution in [3.8, 4) is 0 Å². The van der Waals surface area contributed by atoms with Crippen molar-refractivity contribution in [3.05, 3.63) is 65.2 Å². The number of aromatic nitrogens is 3. The fourth-order valence-corrected chi connectivity index (χ4v) is 3.41. The van der Waals surface area contributed by atoms with E-state index in [1.165, 1.54) is 5.56 Å². The number of anilines is 1. The van der Waals surface area contributed by atoms with Crippen LogP contribution in [0.4, 0.5) is 5.82 Å². The molecule has 0 bridgehead atoms. The van der Waals surface area contributed by atoms with Gasteiger partial charge < -0.3 is 15.0 Å². The summed E-state index contributed by atoms with van der Waals surface area (Å²) in [7, 11) is 0. The zero-order valence-electron chi connectivity index (χ0n) is 17.6. The van der Waals surface area contributed by atoms with E-state index in [4.69, 9.17) is 20.4 Å². The molecular weight excluding hydrogens is 376 g/mol. The first-order chi connectivity index (χ1) is 14.4. The van der Waals surface area contributed by atoms with Crippen molar-refractivity contribution < 1.29 is 9.53 Å². The van der Waals surface area contributed by atoms with E-state index in [1.807, 2.05) is 35.8 Å². The van der Waals surface area contributed by atoms with Gasteiger partial charge in [0.2, 0.25) is 0 Å². The topological polar surface area (TPSA) is 83.0 Å². The molecule has 2 heterocycles. The number of ether oxygens (including phenoxy) is 1. The number of nitrogen functional groups attached to an aromatic ring is 1. The van der Waals surface area contributed by atoms with Gasteiger partial charge in [-0.05, 0) is 37.0 Å². The first-order valence-electron chi connectivity index (χ1n) is 10.2.